The number of nitrogens with two attached hydrogens (primary N) is 1. The topological polar surface area (TPSA) is 96.7 Å². The molecule has 1 aliphatic rings. The number of nitrogens with zero attached hydrogens (tertiary/aromatic N) is 3. The molecule has 0 saturated heterocycles. The summed E-state index contributed by atoms with van der Waals surface area (Å²) in [4.78, 5) is 13.3. The highest BCUT2D eigenvalue weighted by Gasteiger charge is 2.28. The smallest absolute Gasteiger partial charge is 0.266 e. The Morgan fingerprint density at radius 2 is 2.08 bits per heavy atom. The lowest BCUT2D eigenvalue weighted by Gasteiger charge is -2.08. The van der Waals surface area contributed by atoms with Crippen molar-refractivity contribution in [1.29, 1.82) is 5.26 Å². The number of nitriles is 1. The number of rotatable bonds is 4. The van der Waals surface area contributed by atoms with Crippen LogP contribution in [0.3, 0.4) is 0 Å². The van der Waals surface area contributed by atoms with E-state index in [1.54, 1.807) is 24.3 Å². The maximum absolute atomic E-state index is 12.5. The zero-order chi connectivity index (χ0) is 17.4. The van der Waals surface area contributed by atoms with Gasteiger partial charge in [0.2, 0.25) is 0 Å². The van der Waals surface area contributed by atoms with Crippen LogP contribution in [-0.4, -0.2) is 15.7 Å². The maximum atomic E-state index is 12.5. The van der Waals surface area contributed by atoms with Crippen LogP contribution < -0.4 is 11.1 Å². The number of amides is 1. The van der Waals surface area contributed by atoms with Crippen molar-refractivity contribution < 1.29 is 4.79 Å². The molecule has 0 atom stereocenters. The number of nitrogen functional groups attached to an aromatic ring is 1. The summed E-state index contributed by atoms with van der Waals surface area (Å²) >= 11 is 1.48. The van der Waals surface area contributed by atoms with Gasteiger partial charge in [-0.15, -0.1) is 11.3 Å². The molecule has 0 radical (unpaired) electrons. The van der Waals surface area contributed by atoms with Crippen LogP contribution in [0.5, 0.6) is 0 Å². The third-order valence-corrected chi connectivity index (χ3v) is 5.14. The molecule has 0 bridgehead atoms. The van der Waals surface area contributed by atoms with Crippen LogP contribution in [0.15, 0.2) is 41.9 Å². The van der Waals surface area contributed by atoms with E-state index in [2.05, 4.69) is 10.4 Å². The average Bonchev–Trinajstić information content (AvgIpc) is 3.22. The van der Waals surface area contributed by atoms with Gasteiger partial charge < -0.3 is 11.1 Å². The molecule has 0 aliphatic heterocycles. The molecule has 6 nitrogen and oxygen atoms in total. The van der Waals surface area contributed by atoms with Crippen molar-refractivity contribution in [3.8, 4) is 11.8 Å². The minimum absolute atomic E-state index is 0.0741. The van der Waals surface area contributed by atoms with Crippen LogP contribution in [-0.2, 0) is 0 Å². The van der Waals surface area contributed by atoms with Gasteiger partial charge in [0.25, 0.3) is 5.91 Å². The molecule has 7 heteroatoms. The number of anilines is 2. The summed E-state index contributed by atoms with van der Waals surface area (Å²) in [6, 6.07) is 11.2. The fourth-order valence-electron chi connectivity index (χ4n) is 2.74. The van der Waals surface area contributed by atoms with Crippen LogP contribution in [0.2, 0.25) is 0 Å². The molecular formula is C18H15N5OS. The van der Waals surface area contributed by atoms with Crippen molar-refractivity contribution in [2.24, 2.45) is 0 Å². The van der Waals surface area contributed by atoms with Gasteiger partial charge in [0.05, 0.1) is 16.8 Å². The predicted molar refractivity (Wildman–Crippen MR) is 96.9 cm³/mol. The maximum Gasteiger partial charge on any atom is 0.266 e. The molecule has 3 N–H and O–H groups in total. The molecule has 1 saturated carbocycles. The highest BCUT2D eigenvalue weighted by Crippen LogP contribution is 2.43. The standard InChI is InChI=1S/C18H15N5OS/c19-9-12-10-21-23(17(12)20)14-5-3-13(4-6-14)22-18(24)16-15(7-8-25-16)11-1-2-11/h3-8,10-11H,1-2,20H2,(H,22,24). The molecule has 3 aromatic rings. The van der Waals surface area contributed by atoms with Gasteiger partial charge in [-0.05, 0) is 60.0 Å². The van der Waals surface area contributed by atoms with Gasteiger partial charge >= 0.3 is 0 Å². The summed E-state index contributed by atoms with van der Waals surface area (Å²) in [6.07, 6.45) is 3.77. The fraction of sp³-hybridized carbons (Fsp3) is 0.167. The minimum Gasteiger partial charge on any atom is -0.382 e. The minimum atomic E-state index is -0.0741. The molecule has 4 rings (SSSR count). The van der Waals surface area contributed by atoms with Gasteiger partial charge in [0, 0.05) is 5.69 Å². The Morgan fingerprint density at radius 3 is 2.72 bits per heavy atom. The summed E-state index contributed by atoms with van der Waals surface area (Å²) < 4.78 is 1.49. The lowest BCUT2D eigenvalue weighted by atomic mass is 10.1. The van der Waals surface area contributed by atoms with Gasteiger partial charge in [0.15, 0.2) is 0 Å². The largest absolute Gasteiger partial charge is 0.382 e. The number of hydrogen-bond donors (Lipinski definition) is 2. The first-order chi connectivity index (χ1) is 12.2. The molecule has 1 amide bonds. The van der Waals surface area contributed by atoms with E-state index in [4.69, 9.17) is 11.0 Å². The zero-order valence-corrected chi connectivity index (χ0v) is 14.1. The summed E-state index contributed by atoms with van der Waals surface area (Å²) in [7, 11) is 0. The van der Waals surface area contributed by atoms with Crippen LogP contribution in [0.1, 0.15) is 39.6 Å². The highest BCUT2D eigenvalue weighted by atomic mass is 32.1. The van der Waals surface area contributed by atoms with Crippen molar-refractivity contribution in [2.75, 3.05) is 11.1 Å². The van der Waals surface area contributed by atoms with E-state index in [-0.39, 0.29) is 5.91 Å². The molecule has 1 fully saturated rings. The Balaban J connectivity index is 1.52. The van der Waals surface area contributed by atoms with E-state index in [1.807, 2.05) is 17.5 Å². The van der Waals surface area contributed by atoms with E-state index >= 15 is 0 Å². The molecule has 124 valence electrons. The number of benzene rings is 1. The Morgan fingerprint density at radius 1 is 1.32 bits per heavy atom. The predicted octanol–water partition coefficient (Wildman–Crippen LogP) is 3.52. The number of carbonyl (C=O) groups excluding carboxylic acids is 1. The van der Waals surface area contributed by atoms with Crippen LogP contribution in [0, 0.1) is 11.3 Å². The normalized spacial score (nSPS) is 13.4. The summed E-state index contributed by atoms with van der Waals surface area (Å²) in [5, 5.41) is 18.0. The zero-order valence-electron chi connectivity index (χ0n) is 13.3. The summed E-state index contributed by atoms with van der Waals surface area (Å²) in [5.41, 5.74) is 8.82. The number of hydrogen-bond acceptors (Lipinski definition) is 5. The van der Waals surface area contributed by atoms with Gasteiger partial charge in [-0.3, -0.25) is 4.79 Å². The van der Waals surface area contributed by atoms with E-state index in [1.165, 1.54) is 35.1 Å². The van der Waals surface area contributed by atoms with E-state index < -0.39 is 0 Å². The number of thiophene rings is 1. The quantitative estimate of drug-likeness (QED) is 0.753. The molecule has 25 heavy (non-hydrogen) atoms. The van der Waals surface area contributed by atoms with Crippen molar-refractivity contribution in [2.45, 2.75) is 18.8 Å². The van der Waals surface area contributed by atoms with Crippen molar-refractivity contribution in [1.82, 2.24) is 9.78 Å². The average molecular weight is 349 g/mol. The first-order valence-corrected chi connectivity index (χ1v) is 8.78. The molecule has 2 aromatic heterocycles. The molecule has 1 aromatic carbocycles. The molecule has 0 unspecified atom stereocenters. The third kappa shape index (κ3) is 2.88. The monoisotopic (exact) mass is 349 g/mol. The molecular weight excluding hydrogens is 334 g/mol. The highest BCUT2D eigenvalue weighted by molar-refractivity contribution is 7.12. The second kappa shape index (κ2) is 6.07. The molecule has 2 heterocycles. The van der Waals surface area contributed by atoms with Crippen LogP contribution in [0.4, 0.5) is 11.5 Å². The van der Waals surface area contributed by atoms with E-state index in [0.717, 1.165) is 16.1 Å². The Kier molecular flexibility index (Phi) is 3.75. The van der Waals surface area contributed by atoms with Crippen LogP contribution >= 0.6 is 11.3 Å². The second-order valence-corrected chi connectivity index (χ2v) is 6.86. The van der Waals surface area contributed by atoms with Gasteiger partial charge in [-0.1, -0.05) is 0 Å². The summed E-state index contributed by atoms with van der Waals surface area (Å²) in [5.74, 6) is 0.772. The van der Waals surface area contributed by atoms with Gasteiger partial charge in [-0.25, -0.2) is 4.68 Å². The second-order valence-electron chi connectivity index (χ2n) is 5.95. The molecule has 1 aliphatic carbocycles. The number of nitrogens with one attached hydrogen (secondary N) is 1. The van der Waals surface area contributed by atoms with Crippen molar-refractivity contribution in [3.05, 3.63) is 57.9 Å². The van der Waals surface area contributed by atoms with Gasteiger partial charge in [0.1, 0.15) is 17.5 Å². The van der Waals surface area contributed by atoms with Crippen molar-refractivity contribution in [3.63, 3.8) is 0 Å². The van der Waals surface area contributed by atoms with E-state index in [0.29, 0.717) is 23.0 Å². The lowest BCUT2D eigenvalue weighted by Crippen LogP contribution is -2.12. The SMILES string of the molecule is N#Cc1cnn(-c2ccc(NC(=O)c3sccc3C3CC3)cc2)c1N. The Hall–Kier alpha value is -3.11. The fourth-order valence-corrected chi connectivity index (χ4v) is 3.62. The van der Waals surface area contributed by atoms with Gasteiger partial charge in [-0.2, -0.15) is 10.4 Å². The third-order valence-electron chi connectivity index (χ3n) is 4.22. The first kappa shape index (κ1) is 15.4. The first-order valence-electron chi connectivity index (χ1n) is 7.90. The lowest BCUT2D eigenvalue weighted by molar-refractivity contribution is 0.102. The summed E-state index contributed by atoms with van der Waals surface area (Å²) in [6.45, 7) is 0. The van der Waals surface area contributed by atoms with Crippen LogP contribution in [0.25, 0.3) is 5.69 Å². The van der Waals surface area contributed by atoms with Crippen molar-refractivity contribution >= 4 is 28.7 Å². The Labute approximate surface area is 148 Å². The molecule has 0 spiro atoms. The van der Waals surface area contributed by atoms with E-state index in [9.17, 15) is 4.79 Å². The number of aromatic nitrogens is 2. The number of carbonyl (C=O) groups is 1. The Bertz CT molecular complexity index is 976.